The van der Waals surface area contributed by atoms with Gasteiger partial charge in [0, 0.05) is 6.20 Å². The van der Waals surface area contributed by atoms with Crippen molar-refractivity contribution >= 4 is 0 Å². The molecule has 1 atom stereocenters. The molecule has 1 unspecified atom stereocenters. The first kappa shape index (κ1) is 20.9. The third-order valence-corrected chi connectivity index (χ3v) is 2.46. The summed E-state index contributed by atoms with van der Waals surface area (Å²) in [6.07, 6.45) is -21.4. The van der Waals surface area contributed by atoms with E-state index in [1.807, 2.05) is 0 Å². The van der Waals surface area contributed by atoms with Crippen molar-refractivity contribution in [3.05, 3.63) is 11.8 Å². The van der Waals surface area contributed by atoms with E-state index in [2.05, 4.69) is 14.7 Å². The summed E-state index contributed by atoms with van der Waals surface area (Å²) >= 11 is 0. The summed E-state index contributed by atoms with van der Waals surface area (Å²) in [6, 6.07) is -1.50. The summed E-state index contributed by atoms with van der Waals surface area (Å²) in [5.41, 5.74) is -2.50. The quantitative estimate of drug-likeness (QED) is 0.764. The normalized spacial score (nSPS) is 16.6. The van der Waals surface area contributed by atoms with Crippen LogP contribution >= 0.6 is 0 Å². The first-order valence-corrected chi connectivity index (χ1v) is 5.40. The van der Waals surface area contributed by atoms with Crippen LogP contribution in [-0.2, 0) is 10.6 Å². The number of hydrogen-bond donors (Lipinski definition) is 2. The lowest BCUT2D eigenvalue weighted by Gasteiger charge is -2.34. The van der Waals surface area contributed by atoms with Gasteiger partial charge in [0.2, 0.25) is 5.88 Å². The van der Waals surface area contributed by atoms with Gasteiger partial charge in [0.05, 0.1) is 0 Å². The fourth-order valence-electron chi connectivity index (χ4n) is 1.26. The van der Waals surface area contributed by atoms with Crippen molar-refractivity contribution in [2.75, 3.05) is 0 Å². The molecule has 0 amide bonds. The van der Waals surface area contributed by atoms with E-state index in [1.54, 1.807) is 0 Å². The molecule has 0 aliphatic heterocycles. The molecular weight excluding hydrogens is 393 g/mol. The molecular formula is C9H3F11N2O3. The maximum Gasteiger partial charge on any atom is 0.462 e. The summed E-state index contributed by atoms with van der Waals surface area (Å²) in [4.78, 5) is 4.79. The Balaban J connectivity index is 3.53. The zero-order chi connectivity index (χ0) is 20.1. The molecule has 1 rings (SSSR count). The van der Waals surface area contributed by atoms with Gasteiger partial charge in [0.25, 0.3) is 0 Å². The summed E-state index contributed by atoms with van der Waals surface area (Å²) in [7, 11) is 0. The number of hydrogen-bond acceptors (Lipinski definition) is 5. The topological polar surface area (TPSA) is 75.5 Å². The number of aromatic hydroxyl groups is 2. The molecule has 0 aromatic carbocycles. The first-order chi connectivity index (χ1) is 10.9. The fourth-order valence-corrected chi connectivity index (χ4v) is 1.26. The van der Waals surface area contributed by atoms with Crippen LogP contribution in [0.25, 0.3) is 0 Å². The second kappa shape index (κ2) is 5.70. The molecule has 0 fully saturated rings. The fraction of sp³-hybridized carbons (Fsp3) is 0.556. The van der Waals surface area contributed by atoms with E-state index in [0.717, 1.165) is 0 Å². The molecule has 0 saturated carbocycles. The van der Waals surface area contributed by atoms with Crippen LogP contribution in [0.15, 0.2) is 6.20 Å². The minimum Gasteiger partial charge on any atom is -0.493 e. The molecule has 0 aliphatic carbocycles. The summed E-state index contributed by atoms with van der Waals surface area (Å²) in [6.45, 7) is 0. The van der Waals surface area contributed by atoms with Crippen molar-refractivity contribution in [2.24, 2.45) is 0 Å². The number of aromatic nitrogens is 2. The highest BCUT2D eigenvalue weighted by Crippen LogP contribution is 2.54. The van der Waals surface area contributed by atoms with E-state index in [0.29, 0.717) is 0 Å². The van der Waals surface area contributed by atoms with Gasteiger partial charge in [-0.2, -0.15) is 53.3 Å². The molecule has 0 spiro atoms. The number of ether oxygens (including phenoxy) is 1. The number of rotatable bonds is 4. The lowest BCUT2D eigenvalue weighted by atomic mass is 10.1. The van der Waals surface area contributed by atoms with Gasteiger partial charge in [-0.3, -0.25) is 4.74 Å². The SMILES string of the molecule is Oc1ncc(C(F)(OC(F)(F)C(F)(F)C(F)(F)F)C(F)(F)F)c(O)n1. The highest BCUT2D eigenvalue weighted by Gasteiger charge is 2.78. The molecule has 144 valence electrons. The van der Waals surface area contributed by atoms with Crippen molar-refractivity contribution in [3.8, 4) is 11.9 Å². The minimum atomic E-state index is -7.24. The van der Waals surface area contributed by atoms with Gasteiger partial charge in [-0.25, -0.2) is 4.98 Å². The van der Waals surface area contributed by atoms with Crippen LogP contribution in [0, 0.1) is 0 Å². The maximum absolute atomic E-state index is 14.0. The molecule has 0 aliphatic rings. The van der Waals surface area contributed by atoms with Gasteiger partial charge in [0.1, 0.15) is 5.56 Å². The van der Waals surface area contributed by atoms with E-state index < -0.39 is 53.9 Å². The largest absolute Gasteiger partial charge is 0.493 e. The van der Waals surface area contributed by atoms with Crippen LogP contribution in [0.2, 0.25) is 0 Å². The van der Waals surface area contributed by atoms with E-state index in [9.17, 15) is 48.3 Å². The van der Waals surface area contributed by atoms with Gasteiger partial charge in [-0.1, -0.05) is 0 Å². The lowest BCUT2D eigenvalue weighted by molar-refractivity contribution is -0.488. The maximum atomic E-state index is 14.0. The van der Waals surface area contributed by atoms with Crippen LogP contribution in [0.3, 0.4) is 0 Å². The van der Waals surface area contributed by atoms with Crippen LogP contribution < -0.4 is 0 Å². The highest BCUT2D eigenvalue weighted by atomic mass is 19.4. The van der Waals surface area contributed by atoms with Crippen LogP contribution in [0.1, 0.15) is 5.56 Å². The molecule has 0 radical (unpaired) electrons. The van der Waals surface area contributed by atoms with Crippen molar-refractivity contribution in [2.45, 2.75) is 30.2 Å². The van der Waals surface area contributed by atoms with E-state index in [1.165, 1.54) is 0 Å². The number of alkyl halides is 11. The Kier molecular flexibility index (Phi) is 4.77. The van der Waals surface area contributed by atoms with E-state index >= 15 is 0 Å². The summed E-state index contributed by atoms with van der Waals surface area (Å²) in [5, 5.41) is 17.6. The Morgan fingerprint density at radius 3 is 1.64 bits per heavy atom. The van der Waals surface area contributed by atoms with Crippen molar-refractivity contribution in [1.82, 2.24) is 9.97 Å². The van der Waals surface area contributed by atoms with Crippen molar-refractivity contribution in [3.63, 3.8) is 0 Å². The molecule has 0 saturated heterocycles. The Hall–Kier alpha value is -2.13. The van der Waals surface area contributed by atoms with Gasteiger partial charge in [0.15, 0.2) is 0 Å². The van der Waals surface area contributed by atoms with Gasteiger partial charge >= 0.3 is 36.2 Å². The second-order valence-corrected chi connectivity index (χ2v) is 4.19. The van der Waals surface area contributed by atoms with Gasteiger partial charge in [-0.15, -0.1) is 0 Å². The van der Waals surface area contributed by atoms with Crippen molar-refractivity contribution < 1.29 is 63.2 Å². The van der Waals surface area contributed by atoms with Crippen molar-refractivity contribution in [1.29, 1.82) is 0 Å². The van der Waals surface area contributed by atoms with Gasteiger partial charge < -0.3 is 10.2 Å². The third-order valence-electron chi connectivity index (χ3n) is 2.46. The lowest BCUT2D eigenvalue weighted by Crippen LogP contribution is -2.58. The molecule has 0 bridgehead atoms. The van der Waals surface area contributed by atoms with E-state index in [-0.39, 0.29) is 0 Å². The molecule has 2 N–H and O–H groups in total. The average Bonchev–Trinajstić information content (AvgIpc) is 2.34. The number of nitrogens with zero attached hydrogens (tertiary/aromatic N) is 2. The molecule has 25 heavy (non-hydrogen) atoms. The first-order valence-electron chi connectivity index (χ1n) is 5.40. The molecule has 1 aromatic heterocycles. The minimum absolute atomic E-state index is 0.507. The second-order valence-electron chi connectivity index (χ2n) is 4.19. The number of halogens is 11. The molecule has 1 aromatic rings. The summed E-state index contributed by atoms with van der Waals surface area (Å²) < 4.78 is 141. The standard InChI is InChI=1S/C9H3F11N2O3/c10-5(7(13,14)15,2-1-21-4(24)22-3(2)23)25-9(19,20)6(11,12)8(16,17)18/h1H,(H2,21,22,23,24). The smallest absolute Gasteiger partial charge is 0.462 e. The Morgan fingerprint density at radius 2 is 1.28 bits per heavy atom. The monoisotopic (exact) mass is 396 g/mol. The Labute approximate surface area is 128 Å². The Morgan fingerprint density at radius 1 is 0.800 bits per heavy atom. The predicted octanol–water partition coefficient (Wildman–Crippen LogP) is 3.38. The van der Waals surface area contributed by atoms with Crippen LogP contribution in [0.5, 0.6) is 11.9 Å². The van der Waals surface area contributed by atoms with Crippen LogP contribution in [0.4, 0.5) is 48.3 Å². The molecule has 5 nitrogen and oxygen atoms in total. The summed E-state index contributed by atoms with van der Waals surface area (Å²) in [5.74, 6) is -15.5. The van der Waals surface area contributed by atoms with Gasteiger partial charge in [-0.05, 0) is 0 Å². The van der Waals surface area contributed by atoms with Crippen LogP contribution in [-0.4, -0.2) is 44.6 Å². The zero-order valence-corrected chi connectivity index (χ0v) is 10.9. The molecule has 16 heteroatoms. The molecule has 1 heterocycles. The Bertz CT molecular complexity index is 645. The van der Waals surface area contributed by atoms with E-state index in [4.69, 9.17) is 10.2 Å². The predicted molar refractivity (Wildman–Crippen MR) is 51.2 cm³/mol. The highest BCUT2D eigenvalue weighted by molar-refractivity contribution is 5.29. The third kappa shape index (κ3) is 3.47. The average molecular weight is 396 g/mol. The zero-order valence-electron chi connectivity index (χ0n) is 10.9.